The van der Waals surface area contributed by atoms with Crippen molar-refractivity contribution in [2.75, 3.05) is 24.3 Å². The van der Waals surface area contributed by atoms with Gasteiger partial charge in [0.15, 0.2) is 0 Å². The minimum atomic E-state index is 0.893. The molecule has 0 spiro atoms. The van der Waals surface area contributed by atoms with Gasteiger partial charge < -0.3 is 10.2 Å². The SMILES string of the molecule is CN(C)c1ccccc1Nc1ccn[nH]1. The van der Waals surface area contributed by atoms with E-state index < -0.39 is 0 Å². The minimum absolute atomic E-state index is 0.893. The summed E-state index contributed by atoms with van der Waals surface area (Å²) in [7, 11) is 4.04. The second-order valence-corrected chi connectivity index (χ2v) is 3.51. The van der Waals surface area contributed by atoms with Crippen LogP contribution in [0.1, 0.15) is 0 Å². The van der Waals surface area contributed by atoms with Crippen LogP contribution in [0.2, 0.25) is 0 Å². The summed E-state index contributed by atoms with van der Waals surface area (Å²) in [5.41, 5.74) is 2.21. The minimum Gasteiger partial charge on any atom is -0.376 e. The standard InChI is InChI=1S/C11H14N4/c1-15(2)10-6-4-3-5-9(10)13-11-7-8-12-14-11/h3-8H,1-2H3,(H2,12,13,14). The van der Waals surface area contributed by atoms with Crippen LogP contribution in [0, 0.1) is 0 Å². The van der Waals surface area contributed by atoms with E-state index in [1.54, 1.807) is 6.20 Å². The van der Waals surface area contributed by atoms with Gasteiger partial charge in [0.2, 0.25) is 0 Å². The number of rotatable bonds is 3. The molecule has 0 saturated heterocycles. The van der Waals surface area contributed by atoms with Gasteiger partial charge in [0, 0.05) is 20.2 Å². The fraction of sp³-hybridized carbons (Fsp3) is 0.182. The average molecular weight is 202 g/mol. The number of H-pyrrole nitrogens is 1. The number of aromatic nitrogens is 2. The van der Waals surface area contributed by atoms with E-state index in [-0.39, 0.29) is 0 Å². The molecule has 0 radical (unpaired) electrons. The molecule has 0 fully saturated rings. The molecule has 15 heavy (non-hydrogen) atoms. The van der Waals surface area contributed by atoms with Crippen LogP contribution in [-0.4, -0.2) is 24.3 Å². The Kier molecular flexibility index (Phi) is 2.58. The van der Waals surface area contributed by atoms with Crippen LogP contribution in [-0.2, 0) is 0 Å². The topological polar surface area (TPSA) is 44.0 Å². The Morgan fingerprint density at radius 3 is 2.67 bits per heavy atom. The van der Waals surface area contributed by atoms with Gasteiger partial charge in [-0.25, -0.2) is 0 Å². The van der Waals surface area contributed by atoms with Crippen LogP contribution in [0.3, 0.4) is 0 Å². The van der Waals surface area contributed by atoms with E-state index in [4.69, 9.17) is 0 Å². The van der Waals surface area contributed by atoms with Gasteiger partial charge in [-0.05, 0) is 12.1 Å². The van der Waals surface area contributed by atoms with Gasteiger partial charge in [0.05, 0.1) is 17.6 Å². The second kappa shape index (κ2) is 4.04. The molecule has 0 bridgehead atoms. The van der Waals surface area contributed by atoms with Gasteiger partial charge >= 0.3 is 0 Å². The van der Waals surface area contributed by atoms with Crippen molar-refractivity contribution in [3.63, 3.8) is 0 Å². The first kappa shape index (κ1) is 9.58. The van der Waals surface area contributed by atoms with Crippen molar-refractivity contribution in [3.8, 4) is 0 Å². The first-order valence-electron chi connectivity index (χ1n) is 4.80. The lowest BCUT2D eigenvalue weighted by molar-refractivity contribution is 1.09. The molecular weight excluding hydrogens is 188 g/mol. The quantitative estimate of drug-likeness (QED) is 0.802. The van der Waals surface area contributed by atoms with E-state index in [1.165, 1.54) is 0 Å². The molecule has 0 aliphatic carbocycles. The van der Waals surface area contributed by atoms with E-state index in [0.717, 1.165) is 17.2 Å². The number of aromatic amines is 1. The average Bonchev–Trinajstić information content (AvgIpc) is 2.71. The Morgan fingerprint density at radius 2 is 2.00 bits per heavy atom. The fourth-order valence-corrected chi connectivity index (χ4v) is 1.44. The summed E-state index contributed by atoms with van der Waals surface area (Å²) in [5.74, 6) is 0.893. The van der Waals surface area contributed by atoms with Crippen molar-refractivity contribution in [2.45, 2.75) is 0 Å². The zero-order valence-corrected chi connectivity index (χ0v) is 8.86. The smallest absolute Gasteiger partial charge is 0.125 e. The third-order valence-corrected chi connectivity index (χ3v) is 2.16. The van der Waals surface area contributed by atoms with Gasteiger partial charge in [0.1, 0.15) is 5.82 Å². The van der Waals surface area contributed by atoms with E-state index >= 15 is 0 Å². The van der Waals surface area contributed by atoms with Crippen LogP contribution >= 0.6 is 0 Å². The summed E-state index contributed by atoms with van der Waals surface area (Å²) >= 11 is 0. The normalized spacial score (nSPS) is 10.0. The molecule has 0 saturated carbocycles. The van der Waals surface area contributed by atoms with Crippen molar-refractivity contribution in [3.05, 3.63) is 36.5 Å². The molecule has 1 aromatic carbocycles. The summed E-state index contributed by atoms with van der Waals surface area (Å²) in [6.07, 6.45) is 1.72. The highest BCUT2D eigenvalue weighted by Gasteiger charge is 2.03. The van der Waals surface area contributed by atoms with Crippen molar-refractivity contribution < 1.29 is 0 Å². The molecule has 1 heterocycles. The molecule has 78 valence electrons. The summed E-state index contributed by atoms with van der Waals surface area (Å²) in [5, 5.41) is 10.0. The van der Waals surface area contributed by atoms with E-state index in [1.807, 2.05) is 38.4 Å². The number of hydrogen-bond acceptors (Lipinski definition) is 3. The van der Waals surface area contributed by atoms with Crippen molar-refractivity contribution in [1.29, 1.82) is 0 Å². The maximum Gasteiger partial charge on any atom is 0.125 e. The molecule has 4 nitrogen and oxygen atoms in total. The van der Waals surface area contributed by atoms with Gasteiger partial charge in [-0.2, -0.15) is 5.10 Å². The summed E-state index contributed by atoms with van der Waals surface area (Å²) in [6, 6.07) is 10.0. The Balaban J connectivity index is 2.28. The van der Waals surface area contributed by atoms with E-state index in [0.29, 0.717) is 0 Å². The molecule has 4 heteroatoms. The van der Waals surface area contributed by atoms with Gasteiger partial charge in [0.25, 0.3) is 0 Å². The Bertz CT molecular complexity index is 420. The van der Waals surface area contributed by atoms with Crippen molar-refractivity contribution >= 4 is 17.2 Å². The lowest BCUT2D eigenvalue weighted by atomic mass is 10.2. The number of anilines is 3. The molecule has 0 aliphatic heterocycles. The molecule has 2 N–H and O–H groups in total. The Hall–Kier alpha value is -1.97. The van der Waals surface area contributed by atoms with Crippen LogP contribution < -0.4 is 10.2 Å². The highest BCUT2D eigenvalue weighted by molar-refractivity contribution is 5.73. The second-order valence-electron chi connectivity index (χ2n) is 3.51. The van der Waals surface area contributed by atoms with E-state index in [9.17, 15) is 0 Å². The molecule has 2 aromatic rings. The highest BCUT2D eigenvalue weighted by Crippen LogP contribution is 2.25. The number of nitrogens with zero attached hydrogens (tertiary/aromatic N) is 2. The van der Waals surface area contributed by atoms with Crippen molar-refractivity contribution in [1.82, 2.24) is 10.2 Å². The highest BCUT2D eigenvalue weighted by atomic mass is 15.2. The van der Waals surface area contributed by atoms with Crippen LogP contribution in [0.15, 0.2) is 36.5 Å². The molecular formula is C11H14N4. The van der Waals surface area contributed by atoms with Gasteiger partial charge in [-0.1, -0.05) is 12.1 Å². The first-order valence-corrected chi connectivity index (χ1v) is 4.80. The predicted molar refractivity (Wildman–Crippen MR) is 62.6 cm³/mol. The third-order valence-electron chi connectivity index (χ3n) is 2.16. The van der Waals surface area contributed by atoms with Crippen molar-refractivity contribution in [2.24, 2.45) is 0 Å². The maximum absolute atomic E-state index is 3.89. The zero-order valence-electron chi connectivity index (χ0n) is 8.86. The summed E-state index contributed by atoms with van der Waals surface area (Å²) in [4.78, 5) is 2.07. The largest absolute Gasteiger partial charge is 0.376 e. The van der Waals surface area contributed by atoms with Crippen LogP contribution in [0.5, 0.6) is 0 Å². The third kappa shape index (κ3) is 2.10. The summed E-state index contributed by atoms with van der Waals surface area (Å²) < 4.78 is 0. The zero-order chi connectivity index (χ0) is 10.7. The van der Waals surface area contributed by atoms with Gasteiger partial charge in [-0.3, -0.25) is 5.10 Å². The van der Waals surface area contributed by atoms with Crippen LogP contribution in [0.25, 0.3) is 0 Å². The predicted octanol–water partition coefficient (Wildman–Crippen LogP) is 2.22. The molecule has 2 rings (SSSR count). The molecule has 0 amide bonds. The molecule has 0 aliphatic rings. The Morgan fingerprint density at radius 1 is 1.20 bits per heavy atom. The number of benzene rings is 1. The van der Waals surface area contributed by atoms with Gasteiger partial charge in [-0.15, -0.1) is 0 Å². The van der Waals surface area contributed by atoms with Crippen LogP contribution in [0.4, 0.5) is 17.2 Å². The summed E-state index contributed by atoms with van der Waals surface area (Å²) in [6.45, 7) is 0. The molecule has 1 aromatic heterocycles. The molecule has 0 atom stereocenters. The number of para-hydroxylation sites is 2. The lowest BCUT2D eigenvalue weighted by Crippen LogP contribution is -2.10. The first-order chi connectivity index (χ1) is 7.27. The maximum atomic E-state index is 3.89. The van der Waals surface area contributed by atoms with E-state index in [2.05, 4.69) is 26.5 Å². The number of hydrogen-bond donors (Lipinski definition) is 2. The Labute approximate surface area is 88.9 Å². The fourth-order valence-electron chi connectivity index (χ4n) is 1.44. The monoisotopic (exact) mass is 202 g/mol. The molecule has 0 unspecified atom stereocenters. The number of nitrogens with one attached hydrogen (secondary N) is 2. The lowest BCUT2D eigenvalue weighted by Gasteiger charge is -2.17.